The van der Waals surface area contributed by atoms with Gasteiger partial charge in [-0.2, -0.15) is 0 Å². The van der Waals surface area contributed by atoms with Crippen molar-refractivity contribution in [1.29, 1.82) is 0 Å². The van der Waals surface area contributed by atoms with Crippen molar-refractivity contribution in [2.45, 2.75) is 56.8 Å². The van der Waals surface area contributed by atoms with Gasteiger partial charge in [0.1, 0.15) is 36.8 Å². The van der Waals surface area contributed by atoms with E-state index in [0.717, 1.165) is 5.56 Å². The van der Waals surface area contributed by atoms with Gasteiger partial charge in [-0.05, 0) is 26.0 Å². The zero-order valence-electron chi connectivity index (χ0n) is 20.7. The van der Waals surface area contributed by atoms with Crippen LogP contribution in [-0.2, 0) is 33.2 Å². The minimum absolute atomic E-state index is 0.0539. The van der Waals surface area contributed by atoms with Crippen LogP contribution in [0.2, 0.25) is 0 Å². The van der Waals surface area contributed by atoms with Gasteiger partial charge in [0, 0.05) is 25.3 Å². The van der Waals surface area contributed by atoms with E-state index in [2.05, 4.69) is 15.0 Å². The van der Waals surface area contributed by atoms with Crippen molar-refractivity contribution in [2.24, 2.45) is 0 Å². The fourth-order valence-electron chi connectivity index (χ4n) is 5.06. The van der Waals surface area contributed by atoms with Crippen molar-refractivity contribution in [2.75, 3.05) is 26.6 Å². The maximum absolute atomic E-state index is 13.0. The van der Waals surface area contributed by atoms with Crippen LogP contribution in [0.25, 0.3) is 11.2 Å². The standard InChI is InChI=1S/C24H27N5O8/c1-24(2)36-16-14(34-20(17(16)37-24)29-10-28-15-18(25)26-9-27-19(15)29)8-33-21(30)11-5-6-12-13(7-11)23(32-4)35-22(12)31-3/h5-7,9-10,14,16-17,20,22-23H,8H2,1-4H3,(H2,25,26,27)/t14?,16-,17-,20?,22?,23?/m1/s1. The molecule has 2 aromatic heterocycles. The normalized spacial score (nSPS) is 29.9. The number of hydrogen-bond acceptors (Lipinski definition) is 12. The van der Waals surface area contributed by atoms with Crippen LogP contribution >= 0.6 is 0 Å². The van der Waals surface area contributed by atoms with E-state index in [9.17, 15) is 4.79 Å². The summed E-state index contributed by atoms with van der Waals surface area (Å²) in [4.78, 5) is 25.6. The molecule has 2 fully saturated rings. The number of nitrogens with zero attached hydrogens (tertiary/aromatic N) is 4. The summed E-state index contributed by atoms with van der Waals surface area (Å²) in [5, 5.41) is 0. The Morgan fingerprint density at radius 3 is 2.59 bits per heavy atom. The number of fused-ring (bicyclic) bond motifs is 3. The molecule has 1 aromatic carbocycles. The molecule has 2 saturated heterocycles. The third-order valence-corrected chi connectivity index (χ3v) is 6.67. The summed E-state index contributed by atoms with van der Waals surface area (Å²) >= 11 is 0. The van der Waals surface area contributed by atoms with Gasteiger partial charge in [-0.25, -0.2) is 19.7 Å². The number of nitrogens with two attached hydrogens (primary N) is 1. The molecule has 0 radical (unpaired) electrons. The Bertz CT molecular complexity index is 1350. The molecule has 3 aromatic rings. The van der Waals surface area contributed by atoms with E-state index in [-0.39, 0.29) is 12.4 Å². The van der Waals surface area contributed by atoms with Crippen molar-refractivity contribution in [1.82, 2.24) is 19.5 Å². The zero-order chi connectivity index (χ0) is 25.9. The SMILES string of the molecule is COC1OC(OC)c2cc(C(=O)OCC3OC(n4cnc5c(N)ncnc54)[C@@H]4OC(C)(C)O[C@H]34)ccc21. The Kier molecular flexibility index (Phi) is 5.86. The van der Waals surface area contributed by atoms with Crippen LogP contribution in [0.5, 0.6) is 0 Å². The number of methoxy groups -OCH3 is 2. The Hall–Kier alpha value is -3.20. The third kappa shape index (κ3) is 4.04. The van der Waals surface area contributed by atoms with Crippen molar-refractivity contribution >= 4 is 23.0 Å². The quantitative estimate of drug-likeness (QED) is 0.480. The van der Waals surface area contributed by atoms with Crippen LogP contribution in [0.3, 0.4) is 0 Å². The molecule has 13 nitrogen and oxygen atoms in total. The second kappa shape index (κ2) is 8.97. The first-order valence-corrected chi connectivity index (χ1v) is 11.8. The minimum atomic E-state index is -0.850. The maximum atomic E-state index is 13.0. The summed E-state index contributed by atoms with van der Waals surface area (Å²) < 4.78 is 42.3. The maximum Gasteiger partial charge on any atom is 0.338 e. The molecule has 0 spiro atoms. The predicted octanol–water partition coefficient (Wildman–Crippen LogP) is 2.00. The van der Waals surface area contributed by atoms with Gasteiger partial charge in [0.05, 0.1) is 11.9 Å². The van der Waals surface area contributed by atoms with Gasteiger partial charge in [0.25, 0.3) is 0 Å². The van der Waals surface area contributed by atoms with E-state index in [1.165, 1.54) is 13.4 Å². The lowest BCUT2D eigenvalue weighted by Crippen LogP contribution is -2.33. The number of esters is 1. The molecule has 2 N–H and O–H groups in total. The molecule has 6 rings (SSSR count). The average molecular weight is 514 g/mol. The largest absolute Gasteiger partial charge is 0.459 e. The smallest absolute Gasteiger partial charge is 0.338 e. The van der Waals surface area contributed by atoms with Crippen molar-refractivity contribution in [3.63, 3.8) is 0 Å². The van der Waals surface area contributed by atoms with Crippen molar-refractivity contribution < 1.29 is 38.0 Å². The van der Waals surface area contributed by atoms with E-state index in [4.69, 9.17) is 38.9 Å². The summed E-state index contributed by atoms with van der Waals surface area (Å²) in [6.07, 6.45) is -0.458. The number of imidazole rings is 1. The average Bonchev–Trinajstić information content (AvgIpc) is 3.62. The fourth-order valence-corrected chi connectivity index (χ4v) is 5.06. The van der Waals surface area contributed by atoms with Gasteiger partial charge in [-0.3, -0.25) is 4.57 Å². The highest BCUT2D eigenvalue weighted by Crippen LogP contribution is 2.44. The topological polar surface area (TPSA) is 151 Å². The Morgan fingerprint density at radius 1 is 1.05 bits per heavy atom. The number of hydrogen-bond donors (Lipinski definition) is 1. The van der Waals surface area contributed by atoms with Crippen LogP contribution < -0.4 is 5.73 Å². The van der Waals surface area contributed by atoms with Crippen molar-refractivity contribution in [3.05, 3.63) is 47.5 Å². The van der Waals surface area contributed by atoms with Gasteiger partial charge in [-0.1, -0.05) is 6.07 Å². The Morgan fingerprint density at radius 2 is 1.81 bits per heavy atom. The van der Waals surface area contributed by atoms with Crippen molar-refractivity contribution in [3.8, 4) is 0 Å². The molecular weight excluding hydrogens is 486 g/mol. The van der Waals surface area contributed by atoms with Gasteiger partial charge >= 0.3 is 5.97 Å². The number of aromatic nitrogens is 4. The van der Waals surface area contributed by atoms with E-state index in [1.54, 1.807) is 36.2 Å². The molecule has 0 amide bonds. The van der Waals surface area contributed by atoms with E-state index < -0.39 is 48.9 Å². The third-order valence-electron chi connectivity index (χ3n) is 6.67. The van der Waals surface area contributed by atoms with Crippen LogP contribution in [0.15, 0.2) is 30.9 Å². The molecule has 3 aliphatic heterocycles. The summed E-state index contributed by atoms with van der Waals surface area (Å²) in [5.74, 6) is -1.11. The number of anilines is 1. The van der Waals surface area contributed by atoms with Crippen LogP contribution in [0, 0.1) is 0 Å². The van der Waals surface area contributed by atoms with Crippen LogP contribution in [-0.4, -0.2) is 70.4 Å². The summed E-state index contributed by atoms with van der Waals surface area (Å²) in [7, 11) is 3.07. The number of nitrogen functional groups attached to an aromatic ring is 1. The van der Waals surface area contributed by atoms with E-state index in [1.807, 2.05) is 13.8 Å². The molecule has 13 heteroatoms. The lowest BCUT2D eigenvalue weighted by molar-refractivity contribution is -0.217. The first-order valence-electron chi connectivity index (χ1n) is 11.8. The number of ether oxygens (including phenoxy) is 7. The first kappa shape index (κ1) is 24.2. The van der Waals surface area contributed by atoms with Gasteiger partial charge in [0.2, 0.25) is 0 Å². The molecule has 0 aliphatic carbocycles. The summed E-state index contributed by atoms with van der Waals surface area (Å²) in [5.41, 5.74) is 8.77. The molecule has 5 heterocycles. The summed E-state index contributed by atoms with van der Waals surface area (Å²) in [6.45, 7) is 3.59. The Labute approximate surface area is 211 Å². The number of rotatable bonds is 6. The van der Waals surface area contributed by atoms with E-state index >= 15 is 0 Å². The first-order chi connectivity index (χ1) is 17.8. The van der Waals surface area contributed by atoms with Crippen LogP contribution in [0.4, 0.5) is 5.82 Å². The summed E-state index contributed by atoms with van der Waals surface area (Å²) in [6, 6.07) is 5.12. The second-order valence-corrected chi connectivity index (χ2v) is 9.43. The van der Waals surface area contributed by atoms with Gasteiger partial charge in [-0.15, -0.1) is 0 Å². The molecule has 37 heavy (non-hydrogen) atoms. The molecule has 0 saturated carbocycles. The molecular formula is C24H27N5O8. The molecule has 0 bridgehead atoms. The number of benzene rings is 1. The predicted molar refractivity (Wildman–Crippen MR) is 125 cm³/mol. The fraction of sp³-hybridized carbons (Fsp3) is 0.500. The minimum Gasteiger partial charge on any atom is -0.459 e. The van der Waals surface area contributed by atoms with Gasteiger partial charge < -0.3 is 38.9 Å². The number of carbonyl (C=O) groups excluding carboxylic acids is 1. The lowest BCUT2D eigenvalue weighted by atomic mass is 10.0. The van der Waals surface area contributed by atoms with E-state index in [0.29, 0.717) is 22.3 Å². The molecule has 196 valence electrons. The molecule has 3 aliphatic rings. The highest BCUT2D eigenvalue weighted by atomic mass is 16.8. The monoisotopic (exact) mass is 513 g/mol. The second-order valence-electron chi connectivity index (χ2n) is 9.43. The van der Waals surface area contributed by atoms with Gasteiger partial charge in [0.15, 0.2) is 36.1 Å². The van der Waals surface area contributed by atoms with Crippen LogP contribution in [0.1, 0.15) is 54.1 Å². The molecule has 6 atom stereocenters. The Balaban J connectivity index is 1.21. The highest BCUT2D eigenvalue weighted by molar-refractivity contribution is 5.89. The number of carbonyl (C=O) groups is 1. The lowest BCUT2D eigenvalue weighted by Gasteiger charge is -2.24. The molecule has 4 unspecified atom stereocenters. The zero-order valence-corrected chi connectivity index (χ0v) is 20.7. The highest BCUT2D eigenvalue weighted by Gasteiger charge is 2.56.